The first kappa shape index (κ1) is 15.1. The molecule has 0 radical (unpaired) electrons. The highest BCUT2D eigenvalue weighted by Crippen LogP contribution is 2.30. The van der Waals surface area contributed by atoms with Crippen LogP contribution in [0.5, 0.6) is 0 Å². The first-order chi connectivity index (χ1) is 10.1. The predicted octanol–water partition coefficient (Wildman–Crippen LogP) is 4.21. The van der Waals surface area contributed by atoms with E-state index in [9.17, 15) is 4.79 Å². The van der Waals surface area contributed by atoms with Crippen LogP contribution in [0.2, 0.25) is 0 Å². The monoisotopic (exact) mass is 344 g/mol. The van der Waals surface area contributed by atoms with Gasteiger partial charge in [0, 0.05) is 16.1 Å². The fourth-order valence-electron chi connectivity index (χ4n) is 1.72. The van der Waals surface area contributed by atoms with Crippen LogP contribution in [0.3, 0.4) is 0 Å². The van der Waals surface area contributed by atoms with Crippen LogP contribution in [0.25, 0.3) is 17.4 Å². The van der Waals surface area contributed by atoms with E-state index >= 15 is 0 Å². The van der Waals surface area contributed by atoms with Gasteiger partial charge in [0.05, 0.1) is 0 Å². The normalized spacial score (nSPS) is 10.5. The minimum atomic E-state index is -0.498. The third kappa shape index (κ3) is 4.11. The summed E-state index contributed by atoms with van der Waals surface area (Å²) in [4.78, 5) is 11.3. The topological polar surface area (TPSA) is 39.4 Å². The molecule has 3 nitrogen and oxygen atoms in total. The van der Waals surface area contributed by atoms with Gasteiger partial charge in [-0.2, -0.15) is 0 Å². The second-order valence-corrected chi connectivity index (χ2v) is 5.18. The van der Waals surface area contributed by atoms with Crippen molar-refractivity contribution in [1.82, 2.24) is 0 Å². The van der Waals surface area contributed by atoms with Crippen molar-refractivity contribution in [1.29, 1.82) is 0 Å². The number of aryl methyl sites for hydroxylation is 1. The number of esters is 1. The van der Waals surface area contributed by atoms with Crippen LogP contribution in [-0.4, -0.2) is 12.6 Å². The largest absolute Gasteiger partial charge is 0.457 e. The molecule has 1 aromatic heterocycles. The van der Waals surface area contributed by atoms with Crippen LogP contribution < -0.4 is 0 Å². The lowest BCUT2D eigenvalue weighted by molar-refractivity contribution is -0.136. The molecule has 0 N–H and O–H groups in total. The molecule has 1 heterocycles. The molecule has 0 fully saturated rings. The molecule has 0 spiro atoms. The lowest BCUT2D eigenvalue weighted by atomic mass is 10.1. The zero-order valence-corrected chi connectivity index (χ0v) is 13.0. The summed E-state index contributed by atoms with van der Waals surface area (Å²) in [7, 11) is 0. The van der Waals surface area contributed by atoms with Gasteiger partial charge in [0.15, 0.2) is 6.61 Å². The fourth-order valence-corrected chi connectivity index (χ4v) is 2.41. The number of hydrogen-bond acceptors (Lipinski definition) is 3. The van der Waals surface area contributed by atoms with E-state index in [1.54, 1.807) is 12.1 Å². The zero-order valence-electron chi connectivity index (χ0n) is 11.4. The van der Waals surface area contributed by atoms with E-state index in [1.807, 2.05) is 31.2 Å². The lowest BCUT2D eigenvalue weighted by Crippen LogP contribution is -1.99. The molecule has 0 aliphatic rings. The van der Waals surface area contributed by atoms with Crippen molar-refractivity contribution >= 4 is 28.0 Å². The summed E-state index contributed by atoms with van der Waals surface area (Å²) in [6, 6.07) is 9.64. The van der Waals surface area contributed by atoms with Crippen molar-refractivity contribution < 1.29 is 13.9 Å². The van der Waals surface area contributed by atoms with Crippen molar-refractivity contribution in [3.63, 3.8) is 0 Å². The number of hydrogen-bond donors (Lipinski definition) is 0. The molecule has 2 aromatic rings. The highest BCUT2D eigenvalue weighted by Gasteiger charge is 2.07. The number of terminal acetylenes is 1. The van der Waals surface area contributed by atoms with Gasteiger partial charge in [-0.25, -0.2) is 4.79 Å². The Labute approximate surface area is 131 Å². The number of rotatable bonds is 4. The highest BCUT2D eigenvalue weighted by atomic mass is 79.9. The molecular weight excluding hydrogens is 332 g/mol. The van der Waals surface area contributed by atoms with E-state index in [4.69, 9.17) is 15.6 Å². The fraction of sp³-hybridized carbons (Fsp3) is 0.118. The molecule has 0 amide bonds. The Morgan fingerprint density at radius 1 is 1.43 bits per heavy atom. The van der Waals surface area contributed by atoms with Crippen molar-refractivity contribution in [2.24, 2.45) is 0 Å². The molecular formula is C17H13BrO3. The van der Waals surface area contributed by atoms with Gasteiger partial charge in [-0.05, 0) is 42.8 Å². The Bertz CT molecular complexity index is 720. The second-order valence-electron chi connectivity index (χ2n) is 4.33. The Kier molecular flexibility index (Phi) is 5.02. The molecule has 0 bridgehead atoms. The molecule has 0 atom stereocenters. The van der Waals surface area contributed by atoms with Gasteiger partial charge in [0.2, 0.25) is 0 Å². The summed E-state index contributed by atoms with van der Waals surface area (Å²) in [5.74, 6) is 3.02. The highest BCUT2D eigenvalue weighted by molar-refractivity contribution is 9.10. The van der Waals surface area contributed by atoms with Crippen LogP contribution in [0, 0.1) is 19.3 Å². The first-order valence-corrected chi connectivity index (χ1v) is 7.04. The van der Waals surface area contributed by atoms with E-state index in [0.29, 0.717) is 5.76 Å². The summed E-state index contributed by atoms with van der Waals surface area (Å²) < 4.78 is 11.4. The van der Waals surface area contributed by atoms with Crippen molar-refractivity contribution in [2.45, 2.75) is 6.92 Å². The van der Waals surface area contributed by atoms with E-state index in [2.05, 4.69) is 21.9 Å². The van der Waals surface area contributed by atoms with Gasteiger partial charge in [-0.15, -0.1) is 6.42 Å². The third-order valence-corrected chi connectivity index (χ3v) is 3.35. The van der Waals surface area contributed by atoms with Crippen molar-refractivity contribution in [3.05, 3.63) is 52.2 Å². The second kappa shape index (κ2) is 6.96. The summed E-state index contributed by atoms with van der Waals surface area (Å²) in [6.07, 6.45) is 7.83. The molecule has 106 valence electrons. The predicted molar refractivity (Wildman–Crippen MR) is 85.4 cm³/mol. The van der Waals surface area contributed by atoms with Gasteiger partial charge in [-0.3, -0.25) is 0 Å². The molecule has 0 aliphatic carbocycles. The maximum absolute atomic E-state index is 11.3. The van der Waals surface area contributed by atoms with Gasteiger partial charge >= 0.3 is 5.97 Å². The van der Waals surface area contributed by atoms with Crippen LogP contribution in [0.15, 0.2) is 45.3 Å². The standard InChI is InChI=1S/C17H13BrO3/c1-3-10-20-17(19)9-6-13-5-8-16(21-13)14-7-4-12(2)11-15(14)18/h1,4-9,11H,10H2,2H3/b9-6+. The molecule has 0 unspecified atom stereocenters. The van der Waals surface area contributed by atoms with Gasteiger partial charge in [-0.1, -0.05) is 27.9 Å². The molecule has 1 aromatic carbocycles. The molecule has 0 saturated carbocycles. The molecule has 21 heavy (non-hydrogen) atoms. The third-order valence-electron chi connectivity index (χ3n) is 2.70. The zero-order chi connectivity index (χ0) is 15.2. The van der Waals surface area contributed by atoms with Gasteiger partial charge < -0.3 is 9.15 Å². The van der Waals surface area contributed by atoms with Crippen LogP contribution in [0.4, 0.5) is 0 Å². The Morgan fingerprint density at radius 3 is 2.95 bits per heavy atom. The van der Waals surface area contributed by atoms with E-state index in [1.165, 1.54) is 6.08 Å². The average Bonchev–Trinajstić information content (AvgIpc) is 2.91. The van der Waals surface area contributed by atoms with Gasteiger partial charge in [0.1, 0.15) is 11.5 Å². The number of benzene rings is 1. The molecule has 0 saturated heterocycles. The maximum atomic E-state index is 11.3. The summed E-state index contributed by atoms with van der Waals surface area (Å²) in [5, 5.41) is 0. The van der Waals surface area contributed by atoms with E-state index in [-0.39, 0.29) is 6.61 Å². The molecule has 4 heteroatoms. The summed E-state index contributed by atoms with van der Waals surface area (Å²) in [5.41, 5.74) is 2.11. The number of ether oxygens (including phenoxy) is 1. The lowest BCUT2D eigenvalue weighted by Gasteiger charge is -2.02. The SMILES string of the molecule is C#CCOC(=O)/C=C/c1ccc(-c2ccc(C)cc2Br)o1. The quantitative estimate of drug-likeness (QED) is 0.473. The van der Waals surface area contributed by atoms with Crippen LogP contribution >= 0.6 is 15.9 Å². The van der Waals surface area contributed by atoms with E-state index in [0.717, 1.165) is 21.4 Å². The van der Waals surface area contributed by atoms with Crippen molar-refractivity contribution in [3.8, 4) is 23.7 Å². The van der Waals surface area contributed by atoms with Crippen LogP contribution in [0.1, 0.15) is 11.3 Å². The Morgan fingerprint density at radius 2 is 2.24 bits per heavy atom. The summed E-state index contributed by atoms with van der Waals surface area (Å²) in [6.45, 7) is 1.98. The molecule has 2 rings (SSSR count). The average molecular weight is 345 g/mol. The van der Waals surface area contributed by atoms with Crippen molar-refractivity contribution in [2.75, 3.05) is 6.61 Å². The number of halogens is 1. The maximum Gasteiger partial charge on any atom is 0.331 e. The first-order valence-electron chi connectivity index (χ1n) is 6.25. The van der Waals surface area contributed by atoms with Crippen LogP contribution in [-0.2, 0) is 9.53 Å². The minimum Gasteiger partial charge on any atom is -0.457 e. The minimum absolute atomic E-state index is 0.0388. The number of furan rings is 1. The molecule has 0 aliphatic heterocycles. The number of carbonyl (C=O) groups is 1. The Balaban J connectivity index is 2.13. The van der Waals surface area contributed by atoms with Gasteiger partial charge in [0.25, 0.3) is 0 Å². The Hall–Kier alpha value is -2.25. The smallest absolute Gasteiger partial charge is 0.331 e. The van der Waals surface area contributed by atoms with E-state index < -0.39 is 5.97 Å². The summed E-state index contributed by atoms with van der Waals surface area (Å²) >= 11 is 3.51. The number of carbonyl (C=O) groups excluding carboxylic acids is 1.